The second-order valence-electron chi connectivity index (χ2n) is 4.08. The fourth-order valence-electron chi connectivity index (χ4n) is 1.91. The lowest BCUT2D eigenvalue weighted by molar-refractivity contribution is 1.23. The van der Waals surface area contributed by atoms with Crippen LogP contribution in [0.4, 0.5) is 0 Å². The van der Waals surface area contributed by atoms with Gasteiger partial charge in [0.25, 0.3) is 5.56 Å². The van der Waals surface area contributed by atoms with Crippen molar-refractivity contribution >= 4 is 34.2 Å². The zero-order chi connectivity index (χ0) is 13.4. The highest BCUT2D eigenvalue weighted by atomic mass is 35.5. The van der Waals surface area contributed by atoms with Crippen molar-refractivity contribution in [2.75, 3.05) is 0 Å². The number of aromatic amines is 1. The lowest BCUT2D eigenvalue weighted by Crippen LogP contribution is -2.09. The van der Waals surface area contributed by atoms with Crippen molar-refractivity contribution in [2.45, 2.75) is 0 Å². The van der Waals surface area contributed by atoms with Crippen molar-refractivity contribution in [3.63, 3.8) is 0 Å². The van der Waals surface area contributed by atoms with Crippen molar-refractivity contribution in [1.29, 1.82) is 0 Å². The molecule has 2 heterocycles. The van der Waals surface area contributed by atoms with Crippen LogP contribution in [-0.2, 0) is 0 Å². The highest BCUT2D eigenvalue weighted by molar-refractivity contribution is 6.42. The Balaban J connectivity index is 2.27. The van der Waals surface area contributed by atoms with Crippen LogP contribution in [0.3, 0.4) is 0 Å². The second kappa shape index (κ2) is 4.68. The van der Waals surface area contributed by atoms with Gasteiger partial charge in [0.05, 0.1) is 10.0 Å². The first-order valence-electron chi connectivity index (χ1n) is 5.58. The van der Waals surface area contributed by atoms with E-state index in [-0.39, 0.29) is 5.56 Å². The smallest absolute Gasteiger partial charge is 0.257 e. The summed E-state index contributed by atoms with van der Waals surface area (Å²) in [5.41, 5.74) is 1.63. The number of hydrogen-bond donors (Lipinski definition) is 1. The van der Waals surface area contributed by atoms with Crippen LogP contribution in [0.5, 0.6) is 0 Å². The lowest BCUT2D eigenvalue weighted by Gasteiger charge is -2.04. The topological polar surface area (TPSA) is 45.8 Å². The van der Waals surface area contributed by atoms with Gasteiger partial charge in [-0.05, 0) is 35.9 Å². The summed E-state index contributed by atoms with van der Waals surface area (Å²) < 4.78 is 0. The van der Waals surface area contributed by atoms with Gasteiger partial charge in [-0.1, -0.05) is 29.3 Å². The number of nitrogens with zero attached hydrogens (tertiary/aromatic N) is 1. The summed E-state index contributed by atoms with van der Waals surface area (Å²) in [6.07, 6.45) is 1.64. The molecule has 0 spiro atoms. The normalized spacial score (nSPS) is 10.8. The summed E-state index contributed by atoms with van der Waals surface area (Å²) in [5, 5.41) is 1.75. The zero-order valence-corrected chi connectivity index (χ0v) is 11.2. The number of H-pyrrole nitrogens is 1. The first-order valence-corrected chi connectivity index (χ1v) is 6.34. The maximum Gasteiger partial charge on any atom is 0.257 e. The maximum atomic E-state index is 12.1. The second-order valence-corrected chi connectivity index (χ2v) is 4.90. The highest BCUT2D eigenvalue weighted by Crippen LogP contribution is 2.27. The van der Waals surface area contributed by atoms with Crippen LogP contribution in [0, 0.1) is 0 Å². The predicted octanol–water partition coefficient (Wildman–Crippen LogP) is 3.90. The van der Waals surface area contributed by atoms with E-state index in [1.807, 2.05) is 12.1 Å². The summed E-state index contributed by atoms with van der Waals surface area (Å²) >= 11 is 11.9. The summed E-state index contributed by atoms with van der Waals surface area (Å²) in [4.78, 5) is 18.9. The third kappa shape index (κ3) is 2.23. The minimum atomic E-state index is -0.204. The molecular weight excluding hydrogens is 283 g/mol. The molecule has 2 aromatic heterocycles. The molecule has 94 valence electrons. The Bertz CT molecular complexity index is 827. The minimum absolute atomic E-state index is 0.204. The van der Waals surface area contributed by atoms with Crippen LogP contribution in [0.2, 0.25) is 10.0 Å². The molecule has 0 aliphatic rings. The largest absolute Gasteiger partial charge is 0.306 e. The number of rotatable bonds is 1. The zero-order valence-electron chi connectivity index (χ0n) is 9.65. The number of benzene rings is 1. The van der Waals surface area contributed by atoms with Crippen molar-refractivity contribution in [1.82, 2.24) is 9.97 Å². The molecule has 0 atom stereocenters. The van der Waals surface area contributed by atoms with Crippen molar-refractivity contribution in [3.05, 3.63) is 63.0 Å². The van der Waals surface area contributed by atoms with Crippen LogP contribution in [0.15, 0.2) is 47.4 Å². The van der Waals surface area contributed by atoms with Crippen molar-refractivity contribution in [3.8, 4) is 11.1 Å². The molecule has 5 heteroatoms. The number of fused-ring (bicyclic) bond motifs is 1. The Hall–Kier alpha value is -1.84. The number of halogens is 2. The quantitative estimate of drug-likeness (QED) is 0.739. The third-order valence-corrected chi connectivity index (χ3v) is 3.58. The molecule has 0 saturated carbocycles. The Morgan fingerprint density at radius 2 is 1.89 bits per heavy atom. The van der Waals surface area contributed by atoms with Gasteiger partial charge in [-0.2, -0.15) is 0 Å². The average molecular weight is 291 g/mol. The van der Waals surface area contributed by atoms with Crippen LogP contribution in [0.1, 0.15) is 0 Å². The lowest BCUT2D eigenvalue weighted by atomic mass is 10.1. The van der Waals surface area contributed by atoms with Crippen LogP contribution in [0.25, 0.3) is 22.2 Å². The first-order chi connectivity index (χ1) is 9.15. The fraction of sp³-hybridized carbons (Fsp3) is 0. The van der Waals surface area contributed by atoms with Crippen molar-refractivity contribution < 1.29 is 0 Å². The Morgan fingerprint density at radius 3 is 2.68 bits per heavy atom. The minimum Gasteiger partial charge on any atom is -0.306 e. The van der Waals surface area contributed by atoms with Gasteiger partial charge in [0.15, 0.2) is 0 Å². The molecule has 0 radical (unpaired) electrons. The molecule has 3 rings (SSSR count). The van der Waals surface area contributed by atoms with E-state index in [2.05, 4.69) is 9.97 Å². The molecule has 0 amide bonds. The molecule has 3 aromatic rings. The standard InChI is InChI=1S/C14H8Cl2N2O/c15-11-4-3-8(7-12(11)16)10-6-9-2-1-5-17-13(9)18-14(10)19/h1-7H,(H,17,18,19). The highest BCUT2D eigenvalue weighted by Gasteiger charge is 2.08. The van der Waals surface area contributed by atoms with Gasteiger partial charge < -0.3 is 4.98 Å². The van der Waals surface area contributed by atoms with E-state index in [9.17, 15) is 4.79 Å². The van der Waals surface area contributed by atoms with E-state index in [4.69, 9.17) is 23.2 Å². The molecule has 0 bridgehead atoms. The Kier molecular flexibility index (Phi) is 3.01. The molecule has 0 unspecified atom stereocenters. The van der Waals surface area contributed by atoms with E-state index < -0.39 is 0 Å². The molecule has 0 aliphatic carbocycles. The molecular formula is C14H8Cl2N2O. The van der Waals surface area contributed by atoms with E-state index in [1.54, 1.807) is 30.5 Å². The number of pyridine rings is 2. The SMILES string of the molecule is O=c1[nH]c2ncccc2cc1-c1ccc(Cl)c(Cl)c1. The van der Waals surface area contributed by atoms with Crippen molar-refractivity contribution in [2.24, 2.45) is 0 Å². The van der Waals surface area contributed by atoms with Crippen LogP contribution >= 0.6 is 23.2 Å². The molecule has 19 heavy (non-hydrogen) atoms. The van der Waals surface area contributed by atoms with Gasteiger partial charge in [0.2, 0.25) is 0 Å². The monoisotopic (exact) mass is 290 g/mol. The summed E-state index contributed by atoms with van der Waals surface area (Å²) in [6.45, 7) is 0. The fourth-order valence-corrected chi connectivity index (χ4v) is 2.21. The van der Waals surface area contributed by atoms with Gasteiger partial charge >= 0.3 is 0 Å². The van der Waals surface area contributed by atoms with Gasteiger partial charge in [-0.25, -0.2) is 4.98 Å². The molecule has 1 aromatic carbocycles. The Morgan fingerprint density at radius 1 is 1.05 bits per heavy atom. The van der Waals surface area contributed by atoms with Crippen LogP contribution in [-0.4, -0.2) is 9.97 Å². The van der Waals surface area contributed by atoms with Gasteiger partial charge in [-0.3, -0.25) is 4.79 Å². The summed E-state index contributed by atoms with van der Waals surface area (Å²) in [6, 6.07) is 10.6. The van der Waals surface area contributed by atoms with Gasteiger partial charge in [-0.15, -0.1) is 0 Å². The molecule has 0 fully saturated rings. The molecule has 0 aliphatic heterocycles. The molecule has 3 nitrogen and oxygen atoms in total. The third-order valence-electron chi connectivity index (χ3n) is 2.85. The number of nitrogens with one attached hydrogen (secondary N) is 1. The van der Waals surface area contributed by atoms with Crippen LogP contribution < -0.4 is 5.56 Å². The number of aromatic nitrogens is 2. The first kappa shape index (κ1) is 12.2. The van der Waals surface area contributed by atoms with E-state index in [0.29, 0.717) is 21.3 Å². The van der Waals surface area contributed by atoms with E-state index >= 15 is 0 Å². The molecule has 1 N–H and O–H groups in total. The average Bonchev–Trinajstić information content (AvgIpc) is 2.41. The number of hydrogen-bond acceptors (Lipinski definition) is 2. The van der Waals surface area contributed by atoms with Gasteiger partial charge in [0, 0.05) is 17.1 Å². The Labute approximate surface area is 118 Å². The maximum absolute atomic E-state index is 12.1. The van der Waals surface area contributed by atoms with E-state index in [1.165, 1.54) is 0 Å². The van der Waals surface area contributed by atoms with Gasteiger partial charge in [0.1, 0.15) is 5.65 Å². The van der Waals surface area contributed by atoms with E-state index in [0.717, 1.165) is 10.9 Å². The molecule has 0 saturated heterocycles. The summed E-state index contributed by atoms with van der Waals surface area (Å²) in [7, 11) is 0. The summed E-state index contributed by atoms with van der Waals surface area (Å²) in [5.74, 6) is 0. The predicted molar refractivity (Wildman–Crippen MR) is 77.8 cm³/mol.